The fraction of sp³-hybridized carbons (Fsp3) is 0.800. The van der Waals surface area contributed by atoms with Crippen molar-refractivity contribution >= 4 is 5.91 Å². The van der Waals surface area contributed by atoms with Gasteiger partial charge in [-0.2, -0.15) is 5.43 Å². The predicted octanol–water partition coefficient (Wildman–Crippen LogP) is 0.0629. The van der Waals surface area contributed by atoms with Crippen LogP contribution < -0.4 is 10.9 Å². The fourth-order valence-corrected chi connectivity index (χ4v) is 2.36. The molecule has 124 valence electrons. The molecule has 0 aliphatic carbocycles. The number of nitrogens with one attached hydrogen (secondary N) is 2. The summed E-state index contributed by atoms with van der Waals surface area (Å²) < 4.78 is 1.23. The van der Waals surface area contributed by atoms with Gasteiger partial charge in [0.05, 0.1) is 41.8 Å². The highest BCUT2D eigenvalue weighted by Gasteiger charge is 2.37. The lowest BCUT2D eigenvalue weighted by Gasteiger charge is -2.41. The van der Waals surface area contributed by atoms with Crippen molar-refractivity contribution in [3.05, 3.63) is 12.2 Å². The summed E-state index contributed by atoms with van der Waals surface area (Å²) in [7, 11) is 10.2. The van der Waals surface area contributed by atoms with Gasteiger partial charge in [-0.25, -0.2) is 0 Å². The van der Waals surface area contributed by atoms with Crippen LogP contribution in [0.3, 0.4) is 0 Å². The molecule has 3 N–H and O–H groups in total. The van der Waals surface area contributed by atoms with Crippen LogP contribution in [-0.4, -0.2) is 80.6 Å². The SMILES string of the molecule is C=C(C)C(=O)NNC(C(O)C[N+](C)(C)C)[N+](C)(C)CCC. The van der Waals surface area contributed by atoms with Crippen LogP contribution in [0.4, 0.5) is 0 Å². The first-order valence-corrected chi connectivity index (χ1v) is 7.43. The van der Waals surface area contributed by atoms with E-state index in [-0.39, 0.29) is 12.1 Å². The molecule has 0 aromatic heterocycles. The van der Waals surface area contributed by atoms with Crippen LogP contribution in [0.2, 0.25) is 0 Å². The Labute approximate surface area is 129 Å². The van der Waals surface area contributed by atoms with Gasteiger partial charge >= 0.3 is 0 Å². The molecule has 0 bridgehead atoms. The van der Waals surface area contributed by atoms with Gasteiger partial charge in [0.2, 0.25) is 0 Å². The van der Waals surface area contributed by atoms with Crippen molar-refractivity contribution < 1.29 is 18.9 Å². The van der Waals surface area contributed by atoms with Crippen LogP contribution in [0.25, 0.3) is 0 Å². The third kappa shape index (κ3) is 7.57. The molecule has 0 spiro atoms. The average Bonchev–Trinajstić information content (AvgIpc) is 2.25. The predicted molar refractivity (Wildman–Crippen MR) is 86.1 cm³/mol. The van der Waals surface area contributed by atoms with Crippen LogP contribution >= 0.6 is 0 Å². The molecule has 6 heteroatoms. The lowest BCUT2D eigenvalue weighted by atomic mass is 10.2. The third-order valence-electron chi connectivity index (χ3n) is 3.37. The molecule has 0 fully saturated rings. The number of aliphatic hydroxyl groups excluding tert-OH is 1. The lowest BCUT2D eigenvalue weighted by molar-refractivity contribution is -0.931. The molecule has 0 aromatic carbocycles. The Morgan fingerprint density at radius 2 is 1.76 bits per heavy atom. The molecule has 0 saturated heterocycles. The molecule has 6 nitrogen and oxygen atoms in total. The van der Waals surface area contributed by atoms with Crippen molar-refractivity contribution in [2.45, 2.75) is 32.5 Å². The second-order valence-electron chi connectivity index (χ2n) is 7.37. The standard InChI is InChI=1S/C15H33N4O2/c1-9-10-19(7,8)14(13(20)11-18(4,5)6)16-17-15(21)12(2)3/h13-14,16,20H,2,9-11H2,1,3-8H3/q+1/p+1. The van der Waals surface area contributed by atoms with Gasteiger partial charge in [-0.3, -0.25) is 10.2 Å². The minimum Gasteiger partial charge on any atom is -0.380 e. The van der Waals surface area contributed by atoms with Crippen LogP contribution in [0.5, 0.6) is 0 Å². The van der Waals surface area contributed by atoms with E-state index in [1.165, 1.54) is 0 Å². The Morgan fingerprint density at radius 1 is 1.24 bits per heavy atom. The highest BCUT2D eigenvalue weighted by molar-refractivity contribution is 5.91. The summed E-state index contributed by atoms with van der Waals surface area (Å²) in [5, 5.41) is 10.6. The summed E-state index contributed by atoms with van der Waals surface area (Å²) >= 11 is 0. The molecule has 0 radical (unpaired) electrons. The highest BCUT2D eigenvalue weighted by Crippen LogP contribution is 2.11. The van der Waals surface area contributed by atoms with E-state index in [1.54, 1.807) is 6.92 Å². The third-order valence-corrected chi connectivity index (χ3v) is 3.37. The number of nitrogens with zero attached hydrogens (tertiary/aromatic N) is 2. The normalized spacial score (nSPS) is 15.4. The van der Waals surface area contributed by atoms with Crippen LogP contribution in [0.1, 0.15) is 20.3 Å². The Kier molecular flexibility index (Phi) is 7.53. The molecule has 2 atom stereocenters. The number of carbonyl (C=O) groups is 1. The molecule has 0 rings (SSSR count). The zero-order valence-electron chi connectivity index (χ0n) is 14.7. The molecule has 21 heavy (non-hydrogen) atoms. The summed E-state index contributed by atoms with van der Waals surface area (Å²) in [6, 6.07) is 0. The Bertz CT molecular complexity index is 361. The summed E-state index contributed by atoms with van der Waals surface area (Å²) in [5.41, 5.74) is 6.08. The van der Waals surface area contributed by atoms with E-state index in [0.29, 0.717) is 21.1 Å². The van der Waals surface area contributed by atoms with Gasteiger partial charge in [0, 0.05) is 5.57 Å². The maximum atomic E-state index is 11.7. The molecule has 0 aromatic rings. The number of hydrogen-bond donors (Lipinski definition) is 3. The summed E-state index contributed by atoms with van der Waals surface area (Å²) in [4.78, 5) is 11.7. The second kappa shape index (κ2) is 7.89. The fourth-order valence-electron chi connectivity index (χ4n) is 2.36. The minimum absolute atomic E-state index is 0.256. The maximum absolute atomic E-state index is 11.7. The number of hydrogen-bond acceptors (Lipinski definition) is 3. The summed E-state index contributed by atoms with van der Waals surface area (Å²) in [5.74, 6) is -0.256. The molecule has 2 unspecified atom stereocenters. The lowest BCUT2D eigenvalue weighted by Crippen LogP contribution is -2.67. The van der Waals surface area contributed by atoms with Crippen molar-refractivity contribution in [3.8, 4) is 0 Å². The molecule has 1 amide bonds. The second-order valence-corrected chi connectivity index (χ2v) is 7.37. The Balaban J connectivity index is 5.01. The monoisotopic (exact) mass is 302 g/mol. The quantitative estimate of drug-likeness (QED) is 0.244. The van der Waals surface area contributed by atoms with E-state index >= 15 is 0 Å². The molecule has 0 aliphatic rings. The van der Waals surface area contributed by atoms with Gasteiger partial charge in [0.15, 0.2) is 12.3 Å². The highest BCUT2D eigenvalue weighted by atomic mass is 16.3. The number of carbonyl (C=O) groups excluding carboxylic acids is 1. The number of hydrazine groups is 1. The molecule has 0 saturated carbocycles. The van der Waals surface area contributed by atoms with E-state index in [0.717, 1.165) is 13.0 Å². The van der Waals surface area contributed by atoms with Gasteiger partial charge in [-0.05, 0) is 13.3 Å². The van der Waals surface area contributed by atoms with Crippen molar-refractivity contribution in [2.24, 2.45) is 0 Å². The molecule has 0 heterocycles. The van der Waals surface area contributed by atoms with E-state index in [1.807, 2.05) is 35.2 Å². The number of rotatable bonds is 9. The van der Waals surface area contributed by atoms with E-state index in [2.05, 4.69) is 24.4 Å². The molecular formula is C15H34N4O2+2. The summed E-state index contributed by atoms with van der Waals surface area (Å²) in [6.07, 6.45) is 0.124. The molecular weight excluding hydrogens is 268 g/mol. The zero-order valence-corrected chi connectivity index (χ0v) is 14.7. The van der Waals surface area contributed by atoms with E-state index in [9.17, 15) is 9.90 Å². The average molecular weight is 302 g/mol. The minimum atomic E-state index is -0.586. The van der Waals surface area contributed by atoms with Crippen LogP contribution in [0.15, 0.2) is 12.2 Å². The first-order valence-electron chi connectivity index (χ1n) is 7.43. The van der Waals surface area contributed by atoms with Crippen LogP contribution in [-0.2, 0) is 4.79 Å². The first kappa shape index (κ1) is 20.1. The number of likely N-dealkylation sites (N-methyl/N-ethyl adjacent to an activating group) is 2. The van der Waals surface area contributed by atoms with Crippen molar-refractivity contribution in [3.63, 3.8) is 0 Å². The van der Waals surface area contributed by atoms with E-state index < -0.39 is 6.10 Å². The van der Waals surface area contributed by atoms with E-state index in [4.69, 9.17) is 0 Å². The number of aliphatic hydroxyl groups is 1. The van der Waals surface area contributed by atoms with Crippen molar-refractivity contribution in [1.29, 1.82) is 0 Å². The molecule has 0 aliphatic heterocycles. The number of amides is 1. The Morgan fingerprint density at radius 3 is 2.14 bits per heavy atom. The summed E-state index contributed by atoms with van der Waals surface area (Å²) in [6.45, 7) is 8.86. The van der Waals surface area contributed by atoms with Gasteiger partial charge in [-0.1, -0.05) is 13.5 Å². The Hall–Kier alpha value is -0.950. The smallest absolute Gasteiger partial charge is 0.260 e. The largest absolute Gasteiger partial charge is 0.380 e. The maximum Gasteiger partial charge on any atom is 0.260 e. The van der Waals surface area contributed by atoms with Crippen LogP contribution in [0, 0.1) is 0 Å². The van der Waals surface area contributed by atoms with Gasteiger partial charge in [0.1, 0.15) is 6.54 Å². The zero-order chi connectivity index (χ0) is 16.8. The first-order chi connectivity index (χ1) is 9.40. The van der Waals surface area contributed by atoms with Crippen molar-refractivity contribution in [1.82, 2.24) is 10.9 Å². The van der Waals surface area contributed by atoms with Gasteiger partial charge in [-0.15, -0.1) is 0 Å². The van der Waals surface area contributed by atoms with Crippen molar-refractivity contribution in [2.75, 3.05) is 48.3 Å². The topological polar surface area (TPSA) is 61.4 Å². The number of quaternary nitrogens is 2. The van der Waals surface area contributed by atoms with Gasteiger partial charge in [0.25, 0.3) is 5.91 Å². The van der Waals surface area contributed by atoms with Gasteiger partial charge < -0.3 is 14.1 Å².